The summed E-state index contributed by atoms with van der Waals surface area (Å²) in [7, 11) is 0. The van der Waals surface area contributed by atoms with Crippen molar-refractivity contribution in [3.8, 4) is 44.5 Å². The summed E-state index contributed by atoms with van der Waals surface area (Å²) in [5.41, 5.74) is 15.2. The summed E-state index contributed by atoms with van der Waals surface area (Å²) < 4.78 is 12.5. The van der Waals surface area contributed by atoms with E-state index in [1.165, 1.54) is 82.6 Å². The van der Waals surface area contributed by atoms with Crippen LogP contribution in [0.15, 0.2) is 167 Å². The molecule has 0 saturated heterocycles. The minimum absolute atomic E-state index is 0.130. The largest absolute Gasteiger partial charge is 0.464 e. The van der Waals surface area contributed by atoms with Crippen molar-refractivity contribution in [1.29, 1.82) is 0 Å². The van der Waals surface area contributed by atoms with Gasteiger partial charge in [0.25, 0.3) is 0 Å². The molecule has 2 aromatic heterocycles. The smallest absolute Gasteiger partial charge is 0.136 e. The third kappa shape index (κ3) is 3.93. The molecule has 0 radical (unpaired) electrons. The van der Waals surface area contributed by atoms with Gasteiger partial charge in [0, 0.05) is 21.6 Å². The molecule has 10 aromatic rings. The van der Waals surface area contributed by atoms with Crippen LogP contribution in [-0.4, -0.2) is 0 Å². The molecule has 1 aliphatic carbocycles. The Morgan fingerprint density at radius 2 is 1.06 bits per heavy atom. The molecule has 0 fully saturated rings. The molecule has 1 aliphatic rings. The van der Waals surface area contributed by atoms with E-state index >= 15 is 0 Å². The summed E-state index contributed by atoms with van der Waals surface area (Å²) in [4.78, 5) is 0. The van der Waals surface area contributed by atoms with Crippen LogP contribution in [0.5, 0.6) is 0 Å². The van der Waals surface area contributed by atoms with Crippen LogP contribution in [0, 0.1) is 0 Å². The van der Waals surface area contributed by atoms with Crippen molar-refractivity contribution in [3.05, 3.63) is 169 Å². The first-order valence-electron chi connectivity index (χ1n) is 17.7. The van der Waals surface area contributed by atoms with Crippen molar-refractivity contribution in [2.24, 2.45) is 0 Å². The molecule has 2 heterocycles. The molecule has 0 atom stereocenters. The summed E-state index contributed by atoms with van der Waals surface area (Å²) in [5, 5.41) is 8.36. The van der Waals surface area contributed by atoms with Gasteiger partial charge in [-0.05, 0) is 114 Å². The van der Waals surface area contributed by atoms with Crippen molar-refractivity contribution in [2.45, 2.75) is 19.3 Å². The van der Waals surface area contributed by atoms with E-state index in [2.05, 4.69) is 159 Å². The third-order valence-electron chi connectivity index (χ3n) is 11.4. The summed E-state index contributed by atoms with van der Waals surface area (Å²) >= 11 is 0. The molecule has 240 valence electrons. The minimum atomic E-state index is -0.130. The fraction of sp³-hybridized carbons (Fsp3) is 0.0612. The van der Waals surface area contributed by atoms with Crippen molar-refractivity contribution >= 4 is 54.5 Å². The maximum Gasteiger partial charge on any atom is 0.136 e. The van der Waals surface area contributed by atoms with E-state index in [4.69, 9.17) is 8.83 Å². The van der Waals surface area contributed by atoms with Crippen LogP contribution in [0.1, 0.15) is 25.0 Å². The molecule has 0 amide bonds. The predicted molar refractivity (Wildman–Crippen MR) is 212 cm³/mol. The lowest BCUT2D eigenvalue weighted by Crippen LogP contribution is -2.14. The molecule has 0 spiro atoms. The quantitative estimate of drug-likeness (QED) is 0.178. The lowest BCUT2D eigenvalue weighted by molar-refractivity contribution is 0.616. The first-order chi connectivity index (χ1) is 25.1. The second-order valence-electron chi connectivity index (χ2n) is 14.4. The molecule has 2 heteroatoms. The van der Waals surface area contributed by atoms with Crippen LogP contribution >= 0.6 is 0 Å². The van der Waals surface area contributed by atoms with Crippen LogP contribution in [0.2, 0.25) is 0 Å². The Kier molecular flexibility index (Phi) is 5.76. The second kappa shape index (κ2) is 10.3. The maximum absolute atomic E-state index is 6.64. The highest BCUT2D eigenvalue weighted by Crippen LogP contribution is 2.54. The maximum atomic E-state index is 6.64. The van der Waals surface area contributed by atoms with Crippen LogP contribution in [0.4, 0.5) is 0 Å². The van der Waals surface area contributed by atoms with E-state index in [1.807, 2.05) is 6.07 Å². The number of fused-ring (bicyclic) bond motifs is 10. The zero-order chi connectivity index (χ0) is 33.8. The van der Waals surface area contributed by atoms with E-state index in [-0.39, 0.29) is 5.41 Å². The number of furan rings is 2. The fourth-order valence-corrected chi connectivity index (χ4v) is 9.02. The van der Waals surface area contributed by atoms with Gasteiger partial charge in [-0.25, -0.2) is 0 Å². The van der Waals surface area contributed by atoms with E-state index in [9.17, 15) is 0 Å². The van der Waals surface area contributed by atoms with Gasteiger partial charge in [0.05, 0.1) is 6.26 Å². The topological polar surface area (TPSA) is 26.3 Å². The van der Waals surface area contributed by atoms with Gasteiger partial charge in [0.1, 0.15) is 16.7 Å². The highest BCUT2D eigenvalue weighted by Gasteiger charge is 2.37. The molecule has 2 nitrogen and oxygen atoms in total. The predicted octanol–water partition coefficient (Wildman–Crippen LogP) is 13.9. The van der Waals surface area contributed by atoms with Crippen molar-refractivity contribution in [2.75, 3.05) is 0 Å². The van der Waals surface area contributed by atoms with Crippen LogP contribution < -0.4 is 0 Å². The lowest BCUT2D eigenvalue weighted by Gasteiger charge is -2.21. The fourth-order valence-electron chi connectivity index (χ4n) is 9.02. The Labute approximate surface area is 295 Å². The Bertz CT molecular complexity index is 2990. The van der Waals surface area contributed by atoms with Gasteiger partial charge in [-0.3, -0.25) is 0 Å². The SMILES string of the molecule is CC1(C)c2ccc(-c3ccccc3)cc2-c2c1ccc1oc3ccc(-c4c5ccccc5c(-c5cccc6occc56)c5ccccc45)cc3c21. The molecule has 8 aromatic carbocycles. The average molecular weight is 653 g/mol. The first kappa shape index (κ1) is 28.5. The molecule has 0 saturated carbocycles. The van der Waals surface area contributed by atoms with Gasteiger partial charge < -0.3 is 8.83 Å². The zero-order valence-electron chi connectivity index (χ0n) is 28.3. The zero-order valence-corrected chi connectivity index (χ0v) is 28.3. The number of hydrogen-bond donors (Lipinski definition) is 0. The van der Waals surface area contributed by atoms with E-state index in [1.54, 1.807) is 6.26 Å². The van der Waals surface area contributed by atoms with Gasteiger partial charge in [-0.15, -0.1) is 0 Å². The summed E-state index contributed by atoms with van der Waals surface area (Å²) in [6, 6.07) is 55.1. The summed E-state index contributed by atoms with van der Waals surface area (Å²) in [6.07, 6.45) is 1.79. The van der Waals surface area contributed by atoms with Gasteiger partial charge in [0.15, 0.2) is 0 Å². The van der Waals surface area contributed by atoms with Crippen molar-refractivity contribution in [1.82, 2.24) is 0 Å². The number of benzene rings is 8. The third-order valence-corrected chi connectivity index (χ3v) is 11.4. The Morgan fingerprint density at radius 1 is 0.392 bits per heavy atom. The van der Waals surface area contributed by atoms with Crippen molar-refractivity contribution in [3.63, 3.8) is 0 Å². The van der Waals surface area contributed by atoms with Gasteiger partial charge in [-0.1, -0.05) is 129 Å². The van der Waals surface area contributed by atoms with E-state index in [0.29, 0.717) is 0 Å². The van der Waals surface area contributed by atoms with Crippen molar-refractivity contribution < 1.29 is 8.83 Å². The molecule has 0 N–H and O–H groups in total. The van der Waals surface area contributed by atoms with Gasteiger partial charge in [0.2, 0.25) is 0 Å². The van der Waals surface area contributed by atoms with E-state index in [0.717, 1.165) is 27.5 Å². The standard InChI is InChI=1S/C49H32O2/c1-49(2)40-21-19-30(29-11-4-3-5-12-29)27-38(40)47-41(49)22-24-44-48(47)39-28-31(20-23-43(39)51-44)45-34-13-6-8-15-36(34)46(37-16-9-7-14-35(37)45)33-17-10-18-42-32(33)25-26-50-42/h3-28H,1-2H3. The average Bonchev–Trinajstić information content (AvgIpc) is 3.87. The normalized spacial score (nSPS) is 13.5. The second-order valence-corrected chi connectivity index (χ2v) is 14.4. The molecular weight excluding hydrogens is 621 g/mol. The molecule has 0 unspecified atom stereocenters. The molecule has 0 aliphatic heterocycles. The highest BCUT2D eigenvalue weighted by atomic mass is 16.3. The number of rotatable bonds is 3. The molecule has 11 rings (SSSR count). The minimum Gasteiger partial charge on any atom is -0.464 e. The molecule has 51 heavy (non-hydrogen) atoms. The van der Waals surface area contributed by atoms with Crippen LogP contribution in [0.3, 0.4) is 0 Å². The first-order valence-corrected chi connectivity index (χ1v) is 17.7. The monoisotopic (exact) mass is 652 g/mol. The summed E-state index contributed by atoms with van der Waals surface area (Å²) in [6.45, 7) is 4.70. The lowest BCUT2D eigenvalue weighted by atomic mass is 9.82. The summed E-state index contributed by atoms with van der Waals surface area (Å²) in [5.74, 6) is 0. The van der Waals surface area contributed by atoms with Crippen LogP contribution in [0.25, 0.3) is 99.0 Å². The van der Waals surface area contributed by atoms with Gasteiger partial charge >= 0.3 is 0 Å². The number of hydrogen-bond acceptors (Lipinski definition) is 2. The van der Waals surface area contributed by atoms with E-state index < -0.39 is 0 Å². The Hall–Kier alpha value is -6.38. The Morgan fingerprint density at radius 3 is 1.82 bits per heavy atom. The molecule has 0 bridgehead atoms. The highest BCUT2D eigenvalue weighted by molar-refractivity contribution is 6.24. The Balaban J connectivity index is 1.20. The molecular formula is C49H32O2. The van der Waals surface area contributed by atoms with Crippen LogP contribution in [-0.2, 0) is 5.41 Å². The van der Waals surface area contributed by atoms with Gasteiger partial charge in [-0.2, -0.15) is 0 Å².